The quantitative estimate of drug-likeness (QED) is 0.539. The van der Waals surface area contributed by atoms with Crippen molar-refractivity contribution in [2.24, 2.45) is 0 Å². The molecule has 0 aliphatic heterocycles. The van der Waals surface area contributed by atoms with Gasteiger partial charge in [0.05, 0.1) is 5.25 Å². The first kappa shape index (κ1) is 8.52. The fourth-order valence-electron chi connectivity index (χ4n) is 0.0891. The van der Waals surface area contributed by atoms with Crippen LogP contribution in [0.25, 0.3) is 0 Å². The van der Waals surface area contributed by atoms with Crippen LogP contribution in [0.4, 0.5) is 0 Å². The molecule has 52 valence electrons. The van der Waals surface area contributed by atoms with Gasteiger partial charge in [0.25, 0.3) is 0 Å². The average Bonchev–Trinajstić information content (AvgIpc) is 1.67. The molecule has 0 radical (unpaired) electrons. The summed E-state index contributed by atoms with van der Waals surface area (Å²) >= 11 is 4.98. The topological polar surface area (TPSA) is 52.5 Å². The molecule has 0 atom stereocenters. The maximum atomic E-state index is 8.80. The van der Waals surface area contributed by atoms with Gasteiger partial charge in [-0.3, -0.25) is 9.11 Å². The number of halogens is 1. The second-order valence-electron chi connectivity index (χ2n) is 1.72. The molecule has 0 saturated heterocycles. The van der Waals surface area contributed by atoms with E-state index >= 15 is 0 Å². The van der Waals surface area contributed by atoms with E-state index in [0.717, 1.165) is 0 Å². The van der Waals surface area contributed by atoms with Crippen LogP contribution in [-0.4, -0.2) is 14.4 Å². The highest BCUT2D eigenvalue weighted by atomic mass is 35.5. The van der Waals surface area contributed by atoms with E-state index in [0.29, 0.717) is 0 Å². The Hall–Kier alpha value is 0.520. The van der Waals surface area contributed by atoms with Crippen LogP contribution in [0.5, 0.6) is 0 Å². The molecule has 0 heterocycles. The van der Waals surface area contributed by atoms with E-state index in [1.54, 1.807) is 13.8 Å². The van der Waals surface area contributed by atoms with E-state index in [9.17, 15) is 0 Å². The first-order chi connectivity index (χ1) is 3.50. The van der Waals surface area contributed by atoms with Crippen molar-refractivity contribution in [3.8, 4) is 0 Å². The second-order valence-corrected chi connectivity index (χ2v) is 4.46. The fourth-order valence-corrected chi connectivity index (χ4v) is 0.802. The number of hydrogen-bond donors (Lipinski definition) is 3. The molecule has 0 unspecified atom stereocenters. The molecular formula is C3H10ClNO2S. The molecular weight excluding hydrogens is 150 g/mol. The normalized spacial score (nSPS) is 14.8. The number of rotatable bonds is 2. The van der Waals surface area contributed by atoms with Gasteiger partial charge in [-0.25, -0.2) is 0 Å². The van der Waals surface area contributed by atoms with Gasteiger partial charge >= 0.3 is 0 Å². The van der Waals surface area contributed by atoms with Crippen LogP contribution in [0.1, 0.15) is 13.8 Å². The summed E-state index contributed by atoms with van der Waals surface area (Å²) in [5.41, 5.74) is 0. The minimum Gasteiger partial charge on any atom is -0.285 e. The van der Waals surface area contributed by atoms with Crippen molar-refractivity contribution in [1.82, 2.24) is 4.24 Å². The Labute approximate surface area is 55.6 Å². The van der Waals surface area contributed by atoms with Gasteiger partial charge in [0, 0.05) is 0 Å². The predicted molar refractivity (Wildman–Crippen MR) is 37.0 cm³/mol. The third-order valence-corrected chi connectivity index (χ3v) is 2.99. The largest absolute Gasteiger partial charge is 0.285 e. The minimum atomic E-state index is -2.72. The van der Waals surface area contributed by atoms with Crippen LogP contribution in [0, 0.1) is 0 Å². The Morgan fingerprint density at radius 2 is 1.88 bits per heavy atom. The summed E-state index contributed by atoms with van der Waals surface area (Å²) < 4.78 is 19.5. The van der Waals surface area contributed by atoms with Gasteiger partial charge in [0.2, 0.25) is 0 Å². The van der Waals surface area contributed by atoms with Crippen molar-refractivity contribution in [1.29, 1.82) is 0 Å². The molecule has 0 spiro atoms. The lowest BCUT2D eigenvalue weighted by atomic mass is 10.6. The van der Waals surface area contributed by atoms with E-state index < -0.39 is 10.8 Å². The van der Waals surface area contributed by atoms with Crippen LogP contribution in [0.15, 0.2) is 0 Å². The van der Waals surface area contributed by atoms with Gasteiger partial charge in [-0.1, -0.05) is 0 Å². The fraction of sp³-hybridized carbons (Fsp3) is 1.00. The van der Waals surface area contributed by atoms with Crippen LogP contribution >= 0.6 is 22.6 Å². The zero-order chi connectivity index (χ0) is 6.78. The van der Waals surface area contributed by atoms with Crippen molar-refractivity contribution >= 4 is 22.6 Å². The Kier molecular flexibility index (Phi) is 3.08. The molecule has 0 aliphatic rings. The van der Waals surface area contributed by atoms with Crippen LogP contribution < -0.4 is 4.24 Å². The highest BCUT2D eigenvalue weighted by molar-refractivity contribution is 8.23. The zero-order valence-corrected chi connectivity index (χ0v) is 6.33. The number of hydrogen-bond acceptors (Lipinski definition) is 3. The Balaban J connectivity index is 3.71. The van der Waals surface area contributed by atoms with Gasteiger partial charge in [-0.15, -0.1) is 15.0 Å². The Morgan fingerprint density at radius 1 is 1.50 bits per heavy atom. The lowest BCUT2D eigenvalue weighted by molar-refractivity contribution is 0.473. The van der Waals surface area contributed by atoms with Crippen LogP contribution in [0.2, 0.25) is 0 Å². The Bertz CT molecular complexity index is 77.7. The summed E-state index contributed by atoms with van der Waals surface area (Å²) in [5.74, 6) is 0. The zero-order valence-electron chi connectivity index (χ0n) is 4.76. The first-order valence-corrected chi connectivity index (χ1v) is 4.14. The monoisotopic (exact) mass is 159 g/mol. The van der Waals surface area contributed by atoms with Crippen molar-refractivity contribution in [2.45, 2.75) is 19.1 Å². The third kappa shape index (κ3) is 2.19. The van der Waals surface area contributed by atoms with Crippen LogP contribution in [-0.2, 0) is 0 Å². The van der Waals surface area contributed by atoms with Gasteiger partial charge in [-0.05, 0) is 25.6 Å². The minimum absolute atomic E-state index is 0.236. The molecule has 0 fully saturated rings. The third-order valence-electron chi connectivity index (χ3n) is 0.771. The molecule has 0 amide bonds. The van der Waals surface area contributed by atoms with E-state index in [1.807, 2.05) is 4.24 Å². The number of nitrogens with one attached hydrogen (secondary N) is 1. The summed E-state index contributed by atoms with van der Waals surface area (Å²) in [6.07, 6.45) is 0. The smallest absolute Gasteiger partial charge is 0.0594 e. The van der Waals surface area contributed by atoms with Gasteiger partial charge in [-0.2, -0.15) is 0 Å². The summed E-state index contributed by atoms with van der Waals surface area (Å²) in [4.78, 5) is 0. The standard InChI is InChI=1S/C3H10ClNO2S/c1-3(2)8(6,7)5-4/h3,5-7H,1-2H3. The van der Waals surface area contributed by atoms with E-state index in [-0.39, 0.29) is 5.25 Å². The van der Waals surface area contributed by atoms with Gasteiger partial charge < -0.3 is 0 Å². The lowest BCUT2D eigenvalue weighted by Crippen LogP contribution is -2.18. The molecule has 0 rings (SSSR count). The van der Waals surface area contributed by atoms with Crippen molar-refractivity contribution in [2.75, 3.05) is 0 Å². The van der Waals surface area contributed by atoms with Crippen molar-refractivity contribution in [3.63, 3.8) is 0 Å². The SMILES string of the molecule is CC(C)S(O)(O)NCl. The van der Waals surface area contributed by atoms with Gasteiger partial charge in [0.15, 0.2) is 0 Å². The average molecular weight is 160 g/mol. The molecule has 3 nitrogen and oxygen atoms in total. The highest BCUT2D eigenvalue weighted by Crippen LogP contribution is 2.39. The lowest BCUT2D eigenvalue weighted by Gasteiger charge is -2.33. The molecule has 8 heavy (non-hydrogen) atoms. The van der Waals surface area contributed by atoms with Crippen molar-refractivity contribution < 1.29 is 9.11 Å². The summed E-state index contributed by atoms with van der Waals surface area (Å²) in [6.45, 7) is 3.34. The first-order valence-electron chi connectivity index (χ1n) is 2.15. The van der Waals surface area contributed by atoms with E-state index in [2.05, 4.69) is 0 Å². The summed E-state index contributed by atoms with van der Waals surface area (Å²) in [7, 11) is -2.72. The van der Waals surface area contributed by atoms with E-state index in [4.69, 9.17) is 20.9 Å². The molecule has 0 aromatic rings. The highest BCUT2D eigenvalue weighted by Gasteiger charge is 2.13. The summed E-state index contributed by atoms with van der Waals surface area (Å²) in [5, 5.41) is -0.236. The maximum Gasteiger partial charge on any atom is 0.0594 e. The van der Waals surface area contributed by atoms with Crippen LogP contribution in [0.3, 0.4) is 0 Å². The second kappa shape index (κ2) is 2.89. The van der Waals surface area contributed by atoms with E-state index in [1.165, 1.54) is 0 Å². The molecule has 0 saturated carbocycles. The molecule has 0 bridgehead atoms. The molecule has 0 aromatic carbocycles. The maximum absolute atomic E-state index is 8.80. The molecule has 0 aromatic heterocycles. The summed E-state index contributed by atoms with van der Waals surface area (Å²) in [6, 6.07) is 0. The van der Waals surface area contributed by atoms with Crippen molar-refractivity contribution in [3.05, 3.63) is 0 Å². The molecule has 0 aliphatic carbocycles. The molecule has 5 heteroatoms. The Morgan fingerprint density at radius 3 is 1.88 bits per heavy atom. The van der Waals surface area contributed by atoms with Gasteiger partial charge in [0.1, 0.15) is 0 Å². The molecule has 3 N–H and O–H groups in total. The predicted octanol–water partition coefficient (Wildman–Crippen LogP) is 1.80.